The molecule has 2 fully saturated rings. The zero-order valence-electron chi connectivity index (χ0n) is 9.77. The van der Waals surface area contributed by atoms with Crippen LogP contribution in [0.25, 0.3) is 0 Å². The predicted molar refractivity (Wildman–Crippen MR) is 57.2 cm³/mol. The van der Waals surface area contributed by atoms with Gasteiger partial charge < -0.3 is 19.8 Å². The largest absolute Gasteiger partial charge is 0.481 e. The number of likely N-dealkylation sites (N-methyl/N-ethyl adjacent to an activating group) is 1. The molecule has 2 N–H and O–H groups in total. The number of hydrogen-bond acceptors (Lipinski definition) is 4. The average molecular weight is 229 g/mol. The van der Waals surface area contributed by atoms with E-state index in [1.54, 1.807) is 7.11 Å². The number of aliphatic hydroxyl groups is 1. The number of nitrogens with zero attached hydrogens (tertiary/aromatic N) is 1. The summed E-state index contributed by atoms with van der Waals surface area (Å²) in [5.74, 6) is -0.890. The topological polar surface area (TPSA) is 70.0 Å². The maximum atomic E-state index is 11.4. The van der Waals surface area contributed by atoms with Crippen molar-refractivity contribution in [1.29, 1.82) is 0 Å². The number of carboxylic acids is 1. The molecule has 1 unspecified atom stereocenters. The normalized spacial score (nSPS) is 44.3. The lowest BCUT2D eigenvalue weighted by atomic mass is 9.56. The molecule has 1 saturated heterocycles. The Kier molecular flexibility index (Phi) is 2.72. The Bertz CT molecular complexity index is 300. The molecule has 0 spiro atoms. The van der Waals surface area contributed by atoms with Gasteiger partial charge in [0.25, 0.3) is 0 Å². The SMILES string of the molecule is COC1CC(C(=O)O)(C2(O)CCN(C)C2)C1. The highest BCUT2D eigenvalue weighted by Crippen LogP contribution is 2.53. The van der Waals surface area contributed by atoms with E-state index in [1.807, 2.05) is 11.9 Å². The van der Waals surface area contributed by atoms with Gasteiger partial charge in [0.15, 0.2) is 0 Å². The molecule has 1 heterocycles. The molecule has 2 rings (SSSR count). The molecular weight excluding hydrogens is 210 g/mol. The molecular formula is C11H19NO4. The zero-order valence-corrected chi connectivity index (χ0v) is 9.77. The summed E-state index contributed by atoms with van der Waals surface area (Å²) in [6.07, 6.45) is 1.35. The van der Waals surface area contributed by atoms with Gasteiger partial charge in [-0.15, -0.1) is 0 Å². The Hall–Kier alpha value is -0.650. The highest BCUT2D eigenvalue weighted by Gasteiger charge is 2.64. The quantitative estimate of drug-likeness (QED) is 0.709. The van der Waals surface area contributed by atoms with Crippen molar-refractivity contribution in [3.8, 4) is 0 Å². The van der Waals surface area contributed by atoms with E-state index in [0.29, 0.717) is 25.8 Å². The molecule has 16 heavy (non-hydrogen) atoms. The van der Waals surface area contributed by atoms with E-state index in [2.05, 4.69) is 0 Å². The van der Waals surface area contributed by atoms with E-state index in [4.69, 9.17) is 4.74 Å². The molecule has 0 amide bonds. The molecule has 1 saturated carbocycles. The van der Waals surface area contributed by atoms with Crippen LogP contribution in [-0.2, 0) is 9.53 Å². The summed E-state index contributed by atoms with van der Waals surface area (Å²) < 4.78 is 5.13. The van der Waals surface area contributed by atoms with Crippen molar-refractivity contribution in [3.05, 3.63) is 0 Å². The van der Waals surface area contributed by atoms with Gasteiger partial charge in [-0.25, -0.2) is 0 Å². The molecule has 5 heteroatoms. The number of ether oxygens (including phenoxy) is 1. The van der Waals surface area contributed by atoms with E-state index in [9.17, 15) is 15.0 Å². The Morgan fingerprint density at radius 3 is 2.50 bits per heavy atom. The van der Waals surface area contributed by atoms with Crippen LogP contribution >= 0.6 is 0 Å². The Balaban J connectivity index is 2.18. The fourth-order valence-electron chi connectivity index (χ4n) is 3.01. The van der Waals surface area contributed by atoms with Gasteiger partial charge in [0.05, 0.1) is 11.7 Å². The second-order valence-electron chi connectivity index (χ2n) is 5.17. The highest BCUT2D eigenvalue weighted by molar-refractivity contribution is 5.78. The molecule has 1 atom stereocenters. The summed E-state index contributed by atoms with van der Waals surface area (Å²) in [5, 5.41) is 19.9. The standard InChI is InChI=1S/C11H19NO4/c1-12-4-3-11(15,7-12)10(9(13)14)5-8(6-10)16-2/h8,15H,3-7H2,1-2H3,(H,13,14). The first kappa shape index (κ1) is 11.8. The van der Waals surface area contributed by atoms with Crippen LogP contribution in [0.3, 0.4) is 0 Å². The Morgan fingerprint density at radius 1 is 1.50 bits per heavy atom. The highest BCUT2D eigenvalue weighted by atomic mass is 16.5. The van der Waals surface area contributed by atoms with Gasteiger partial charge in [-0.2, -0.15) is 0 Å². The lowest BCUT2D eigenvalue weighted by Crippen LogP contribution is -2.63. The third kappa shape index (κ3) is 1.46. The minimum atomic E-state index is -1.09. The second kappa shape index (κ2) is 3.68. The lowest BCUT2D eigenvalue weighted by molar-refractivity contribution is -0.203. The molecule has 2 aliphatic rings. The molecule has 1 aliphatic carbocycles. The van der Waals surface area contributed by atoms with Crippen LogP contribution in [0.2, 0.25) is 0 Å². The number of hydrogen-bond donors (Lipinski definition) is 2. The van der Waals surface area contributed by atoms with Gasteiger partial charge >= 0.3 is 5.97 Å². The maximum absolute atomic E-state index is 11.4. The van der Waals surface area contributed by atoms with Crippen LogP contribution in [0, 0.1) is 5.41 Å². The van der Waals surface area contributed by atoms with Crippen LogP contribution in [-0.4, -0.2) is 60.0 Å². The van der Waals surface area contributed by atoms with Crippen molar-refractivity contribution in [1.82, 2.24) is 4.90 Å². The first-order chi connectivity index (χ1) is 7.43. The summed E-state index contributed by atoms with van der Waals surface area (Å²) >= 11 is 0. The fourth-order valence-corrected chi connectivity index (χ4v) is 3.01. The van der Waals surface area contributed by atoms with E-state index in [1.165, 1.54) is 0 Å². The van der Waals surface area contributed by atoms with Gasteiger partial charge in [-0.3, -0.25) is 4.79 Å². The lowest BCUT2D eigenvalue weighted by Gasteiger charge is -2.51. The first-order valence-corrected chi connectivity index (χ1v) is 5.61. The van der Waals surface area contributed by atoms with Crippen molar-refractivity contribution in [2.45, 2.75) is 31.0 Å². The third-order valence-electron chi connectivity index (χ3n) is 4.22. The fraction of sp³-hybridized carbons (Fsp3) is 0.909. The van der Waals surface area contributed by atoms with Gasteiger partial charge in [-0.1, -0.05) is 0 Å². The summed E-state index contributed by atoms with van der Waals surface area (Å²) in [7, 11) is 3.49. The molecule has 0 bridgehead atoms. The van der Waals surface area contributed by atoms with Crippen LogP contribution in [0.4, 0.5) is 0 Å². The van der Waals surface area contributed by atoms with Gasteiger partial charge in [0.2, 0.25) is 0 Å². The smallest absolute Gasteiger partial charge is 0.312 e. The van der Waals surface area contributed by atoms with Gasteiger partial charge in [-0.05, 0) is 26.3 Å². The third-order valence-corrected chi connectivity index (χ3v) is 4.22. The number of likely N-dealkylation sites (tertiary alicyclic amines) is 1. The molecule has 0 aromatic rings. The number of β-amino-alcohol motifs (C(OH)–C–C–N with tert-alkyl or cyclic N) is 1. The summed E-state index contributed by atoms with van der Waals surface area (Å²) in [5.41, 5.74) is -2.10. The van der Waals surface area contributed by atoms with Crippen molar-refractivity contribution >= 4 is 5.97 Å². The van der Waals surface area contributed by atoms with Crippen molar-refractivity contribution in [3.63, 3.8) is 0 Å². The van der Waals surface area contributed by atoms with Gasteiger partial charge in [0.1, 0.15) is 5.41 Å². The molecule has 0 aromatic carbocycles. The van der Waals surface area contributed by atoms with Crippen LogP contribution in [0.1, 0.15) is 19.3 Å². The number of aliphatic carboxylic acids is 1. The molecule has 0 radical (unpaired) electrons. The second-order valence-corrected chi connectivity index (χ2v) is 5.17. The number of carboxylic acid groups (broad SMARTS) is 1. The van der Waals surface area contributed by atoms with E-state index in [0.717, 1.165) is 6.54 Å². The summed E-state index contributed by atoms with van der Waals surface area (Å²) in [6, 6.07) is 0. The predicted octanol–water partition coefficient (Wildman–Crippen LogP) is -0.0672. The number of carbonyl (C=O) groups is 1. The summed E-state index contributed by atoms with van der Waals surface area (Å²) in [4.78, 5) is 13.4. The van der Waals surface area contributed by atoms with E-state index >= 15 is 0 Å². The minimum Gasteiger partial charge on any atom is -0.481 e. The van der Waals surface area contributed by atoms with Crippen molar-refractivity contribution < 1.29 is 19.7 Å². The van der Waals surface area contributed by atoms with Crippen LogP contribution < -0.4 is 0 Å². The monoisotopic (exact) mass is 229 g/mol. The first-order valence-electron chi connectivity index (χ1n) is 5.61. The maximum Gasteiger partial charge on any atom is 0.312 e. The average Bonchev–Trinajstić information content (AvgIpc) is 2.45. The molecule has 92 valence electrons. The number of methoxy groups -OCH3 is 1. The Labute approximate surface area is 95.0 Å². The van der Waals surface area contributed by atoms with Gasteiger partial charge in [0, 0.05) is 20.2 Å². The van der Waals surface area contributed by atoms with Crippen molar-refractivity contribution in [2.75, 3.05) is 27.2 Å². The Morgan fingerprint density at radius 2 is 2.12 bits per heavy atom. The van der Waals surface area contributed by atoms with Crippen LogP contribution in [0.5, 0.6) is 0 Å². The van der Waals surface area contributed by atoms with Crippen molar-refractivity contribution in [2.24, 2.45) is 5.41 Å². The summed E-state index contributed by atoms with van der Waals surface area (Å²) in [6.45, 7) is 1.19. The van der Waals surface area contributed by atoms with Crippen LogP contribution in [0.15, 0.2) is 0 Å². The zero-order chi connectivity index (χ0) is 12.0. The molecule has 5 nitrogen and oxygen atoms in total. The van der Waals surface area contributed by atoms with E-state index in [-0.39, 0.29) is 6.10 Å². The minimum absolute atomic E-state index is 0.0222. The molecule has 0 aromatic heterocycles. The van der Waals surface area contributed by atoms with E-state index < -0.39 is 17.0 Å². The number of rotatable bonds is 3. The molecule has 1 aliphatic heterocycles.